The number of aromatic nitrogens is 3. The SMILES string of the molecule is NCCOCCOCCNc1nc(Cl)nc(NC2CCCC2)n1. The highest BCUT2D eigenvalue weighted by atomic mass is 35.5. The number of nitrogens with two attached hydrogens (primary N) is 1. The van der Waals surface area contributed by atoms with Gasteiger partial charge in [-0.2, -0.15) is 15.0 Å². The van der Waals surface area contributed by atoms with E-state index in [1.54, 1.807) is 0 Å². The predicted octanol–water partition coefficient (Wildman–Crippen LogP) is 1.28. The maximum atomic E-state index is 5.95. The number of hydrogen-bond donors (Lipinski definition) is 3. The highest BCUT2D eigenvalue weighted by Gasteiger charge is 2.16. The maximum absolute atomic E-state index is 5.95. The Balaban J connectivity index is 1.67. The number of halogens is 1. The molecule has 1 saturated carbocycles. The molecule has 4 N–H and O–H groups in total. The Morgan fingerprint density at radius 3 is 2.43 bits per heavy atom. The summed E-state index contributed by atoms with van der Waals surface area (Å²) in [5.41, 5.74) is 5.32. The first-order chi connectivity index (χ1) is 11.3. The second kappa shape index (κ2) is 10.5. The summed E-state index contributed by atoms with van der Waals surface area (Å²) in [6, 6.07) is 0.429. The van der Waals surface area contributed by atoms with Gasteiger partial charge in [0.05, 0.1) is 26.4 Å². The number of hydrogen-bond acceptors (Lipinski definition) is 8. The monoisotopic (exact) mass is 344 g/mol. The Bertz CT molecular complexity index is 459. The highest BCUT2D eigenvalue weighted by Crippen LogP contribution is 2.21. The van der Waals surface area contributed by atoms with E-state index in [1.165, 1.54) is 12.8 Å². The van der Waals surface area contributed by atoms with Gasteiger partial charge < -0.3 is 25.8 Å². The van der Waals surface area contributed by atoms with E-state index in [0.29, 0.717) is 57.5 Å². The second-order valence-electron chi connectivity index (χ2n) is 5.32. The fourth-order valence-electron chi connectivity index (χ4n) is 2.39. The molecular formula is C14H25ClN6O2. The number of nitrogens with one attached hydrogen (secondary N) is 2. The molecule has 1 aliphatic rings. The molecule has 1 heterocycles. The van der Waals surface area contributed by atoms with Crippen molar-refractivity contribution < 1.29 is 9.47 Å². The molecule has 1 fully saturated rings. The fraction of sp³-hybridized carbons (Fsp3) is 0.786. The quantitative estimate of drug-likeness (QED) is 0.515. The van der Waals surface area contributed by atoms with Crippen LogP contribution in [-0.4, -0.2) is 60.5 Å². The van der Waals surface area contributed by atoms with Crippen LogP contribution in [0.25, 0.3) is 0 Å². The van der Waals surface area contributed by atoms with E-state index in [2.05, 4.69) is 25.6 Å². The number of ether oxygens (including phenoxy) is 2. The molecule has 0 atom stereocenters. The molecular weight excluding hydrogens is 320 g/mol. The molecule has 0 aliphatic heterocycles. The molecule has 0 saturated heterocycles. The van der Waals surface area contributed by atoms with Crippen molar-refractivity contribution in [1.29, 1.82) is 0 Å². The molecule has 1 aromatic heterocycles. The first-order valence-corrected chi connectivity index (χ1v) is 8.43. The van der Waals surface area contributed by atoms with Crippen LogP contribution in [0.1, 0.15) is 25.7 Å². The van der Waals surface area contributed by atoms with Crippen LogP contribution in [0, 0.1) is 0 Å². The number of rotatable bonds is 11. The molecule has 0 bridgehead atoms. The van der Waals surface area contributed by atoms with Crippen LogP contribution in [0.15, 0.2) is 0 Å². The van der Waals surface area contributed by atoms with Crippen LogP contribution in [-0.2, 0) is 9.47 Å². The Morgan fingerprint density at radius 1 is 1.00 bits per heavy atom. The molecule has 9 heteroatoms. The van der Waals surface area contributed by atoms with E-state index >= 15 is 0 Å². The van der Waals surface area contributed by atoms with Crippen molar-refractivity contribution in [2.75, 3.05) is 50.2 Å². The first kappa shape index (κ1) is 18.1. The summed E-state index contributed by atoms with van der Waals surface area (Å²) in [4.78, 5) is 12.5. The summed E-state index contributed by atoms with van der Waals surface area (Å²) in [5.74, 6) is 0.976. The van der Waals surface area contributed by atoms with E-state index in [9.17, 15) is 0 Å². The highest BCUT2D eigenvalue weighted by molar-refractivity contribution is 6.28. The van der Waals surface area contributed by atoms with Crippen LogP contribution in [0.3, 0.4) is 0 Å². The smallest absolute Gasteiger partial charge is 0.229 e. The third kappa shape index (κ3) is 7.26. The minimum Gasteiger partial charge on any atom is -0.378 e. The van der Waals surface area contributed by atoms with Crippen LogP contribution in [0.5, 0.6) is 0 Å². The lowest BCUT2D eigenvalue weighted by atomic mass is 10.3. The average molecular weight is 345 g/mol. The molecule has 0 amide bonds. The summed E-state index contributed by atoms with van der Waals surface area (Å²) >= 11 is 5.95. The van der Waals surface area contributed by atoms with Crippen molar-refractivity contribution in [2.24, 2.45) is 5.73 Å². The van der Waals surface area contributed by atoms with Gasteiger partial charge in [0, 0.05) is 19.1 Å². The summed E-state index contributed by atoms with van der Waals surface area (Å²) in [5, 5.41) is 6.57. The normalized spacial score (nSPS) is 15.0. The Morgan fingerprint density at radius 2 is 1.70 bits per heavy atom. The topological polar surface area (TPSA) is 107 Å². The van der Waals surface area contributed by atoms with Crippen molar-refractivity contribution in [3.05, 3.63) is 5.28 Å². The Hall–Kier alpha value is -1.22. The Labute approximate surface area is 141 Å². The van der Waals surface area contributed by atoms with Gasteiger partial charge in [-0.15, -0.1) is 0 Å². The predicted molar refractivity (Wildman–Crippen MR) is 89.9 cm³/mol. The molecule has 130 valence electrons. The molecule has 0 radical (unpaired) electrons. The average Bonchev–Trinajstić information content (AvgIpc) is 3.02. The van der Waals surface area contributed by atoms with Crippen LogP contribution >= 0.6 is 11.6 Å². The van der Waals surface area contributed by atoms with Gasteiger partial charge in [-0.1, -0.05) is 12.8 Å². The van der Waals surface area contributed by atoms with Gasteiger partial charge in [-0.3, -0.25) is 0 Å². The Kier molecular flexibility index (Phi) is 8.30. The molecule has 1 aromatic rings. The van der Waals surface area contributed by atoms with E-state index in [1.807, 2.05) is 0 Å². The third-order valence-electron chi connectivity index (χ3n) is 3.46. The fourth-order valence-corrected chi connectivity index (χ4v) is 2.55. The van der Waals surface area contributed by atoms with Crippen LogP contribution < -0.4 is 16.4 Å². The summed E-state index contributed by atoms with van der Waals surface area (Å²) in [7, 11) is 0. The summed E-state index contributed by atoms with van der Waals surface area (Å²) in [6.07, 6.45) is 4.78. The first-order valence-electron chi connectivity index (χ1n) is 8.05. The molecule has 0 unspecified atom stereocenters. The lowest BCUT2D eigenvalue weighted by molar-refractivity contribution is 0.0547. The van der Waals surface area contributed by atoms with Crippen molar-refractivity contribution in [1.82, 2.24) is 15.0 Å². The molecule has 8 nitrogen and oxygen atoms in total. The molecule has 2 rings (SSSR count). The maximum Gasteiger partial charge on any atom is 0.229 e. The zero-order valence-corrected chi connectivity index (χ0v) is 14.0. The lowest BCUT2D eigenvalue weighted by Crippen LogP contribution is -2.19. The van der Waals surface area contributed by atoms with Crippen molar-refractivity contribution in [3.8, 4) is 0 Å². The zero-order chi connectivity index (χ0) is 16.3. The lowest BCUT2D eigenvalue weighted by Gasteiger charge is -2.13. The largest absolute Gasteiger partial charge is 0.378 e. The van der Waals surface area contributed by atoms with E-state index in [4.69, 9.17) is 26.8 Å². The number of anilines is 2. The van der Waals surface area contributed by atoms with Crippen molar-refractivity contribution >= 4 is 23.5 Å². The molecule has 0 spiro atoms. The minimum atomic E-state index is 0.180. The van der Waals surface area contributed by atoms with Gasteiger partial charge in [0.1, 0.15) is 0 Å². The van der Waals surface area contributed by atoms with Crippen LogP contribution in [0.4, 0.5) is 11.9 Å². The van der Waals surface area contributed by atoms with Crippen molar-refractivity contribution in [3.63, 3.8) is 0 Å². The van der Waals surface area contributed by atoms with Gasteiger partial charge in [0.25, 0.3) is 0 Å². The standard InChI is InChI=1S/C14H25ClN6O2/c15-12-19-13(17-6-8-23-10-9-22-7-5-16)21-14(20-12)18-11-3-1-2-4-11/h11H,1-10,16H2,(H2,17,18,19,20,21). The number of nitrogens with zero attached hydrogens (tertiary/aromatic N) is 3. The summed E-state index contributed by atoms with van der Waals surface area (Å²) < 4.78 is 10.6. The van der Waals surface area contributed by atoms with Crippen LogP contribution in [0.2, 0.25) is 5.28 Å². The van der Waals surface area contributed by atoms with E-state index < -0.39 is 0 Å². The summed E-state index contributed by atoms with van der Waals surface area (Å²) in [6.45, 7) is 3.28. The van der Waals surface area contributed by atoms with Gasteiger partial charge in [-0.05, 0) is 24.4 Å². The van der Waals surface area contributed by atoms with Crippen molar-refractivity contribution in [2.45, 2.75) is 31.7 Å². The van der Waals surface area contributed by atoms with E-state index in [0.717, 1.165) is 12.8 Å². The third-order valence-corrected chi connectivity index (χ3v) is 3.63. The van der Waals surface area contributed by atoms with Gasteiger partial charge in [0.2, 0.25) is 17.2 Å². The second-order valence-corrected chi connectivity index (χ2v) is 5.66. The minimum absolute atomic E-state index is 0.180. The molecule has 0 aromatic carbocycles. The van der Waals surface area contributed by atoms with Gasteiger partial charge >= 0.3 is 0 Å². The van der Waals surface area contributed by atoms with Gasteiger partial charge in [-0.25, -0.2) is 0 Å². The molecule has 1 aliphatic carbocycles. The molecule has 23 heavy (non-hydrogen) atoms. The zero-order valence-electron chi connectivity index (χ0n) is 13.3. The van der Waals surface area contributed by atoms with E-state index in [-0.39, 0.29) is 5.28 Å². The van der Waals surface area contributed by atoms with Gasteiger partial charge in [0.15, 0.2) is 0 Å².